The lowest BCUT2D eigenvalue weighted by atomic mass is 10.1. The lowest BCUT2D eigenvalue weighted by Gasteiger charge is -2.25. The molecule has 2 atom stereocenters. The molecule has 0 spiro atoms. The Labute approximate surface area is 116 Å². The highest BCUT2D eigenvalue weighted by Crippen LogP contribution is 2.32. The first-order valence-electron chi connectivity index (χ1n) is 5.48. The minimum atomic E-state index is -1.25. The van der Waals surface area contributed by atoms with E-state index in [2.05, 4.69) is 5.32 Å². The fourth-order valence-electron chi connectivity index (χ4n) is 1.47. The van der Waals surface area contributed by atoms with Gasteiger partial charge in [0.25, 0.3) is 0 Å². The van der Waals surface area contributed by atoms with Crippen molar-refractivity contribution in [2.75, 3.05) is 13.2 Å². The monoisotopic (exact) mass is 295 g/mol. The third-order valence-corrected chi connectivity index (χ3v) is 3.36. The van der Waals surface area contributed by atoms with Gasteiger partial charge < -0.3 is 15.5 Å². The summed E-state index contributed by atoms with van der Waals surface area (Å²) in [7, 11) is 0. The molecule has 0 aromatic heterocycles. The lowest BCUT2D eigenvalue weighted by Crippen LogP contribution is -2.41. The zero-order chi connectivity index (χ0) is 13.9. The maximum absolute atomic E-state index is 13.4. The van der Waals surface area contributed by atoms with E-state index in [0.29, 0.717) is 10.6 Å². The van der Waals surface area contributed by atoms with Gasteiger partial charge in [0.05, 0.1) is 17.2 Å². The third kappa shape index (κ3) is 3.80. The Morgan fingerprint density at radius 2 is 2.06 bits per heavy atom. The Kier molecular flexibility index (Phi) is 5.37. The van der Waals surface area contributed by atoms with Crippen molar-refractivity contribution in [3.05, 3.63) is 33.6 Å². The highest BCUT2D eigenvalue weighted by atomic mass is 35.5. The molecule has 3 nitrogen and oxygen atoms in total. The van der Waals surface area contributed by atoms with Crippen LogP contribution in [0.2, 0.25) is 10.0 Å². The van der Waals surface area contributed by atoms with Crippen LogP contribution in [-0.4, -0.2) is 29.0 Å². The van der Waals surface area contributed by atoms with Gasteiger partial charge in [-0.15, -0.1) is 0 Å². The van der Waals surface area contributed by atoms with Gasteiger partial charge in [-0.3, -0.25) is 0 Å². The second kappa shape index (κ2) is 6.17. The summed E-state index contributed by atoms with van der Waals surface area (Å²) in [6.07, 6.45) is 0. The zero-order valence-electron chi connectivity index (χ0n) is 10.2. The number of aliphatic hydroxyl groups is 2. The van der Waals surface area contributed by atoms with E-state index in [-0.39, 0.29) is 24.2 Å². The summed E-state index contributed by atoms with van der Waals surface area (Å²) in [6.45, 7) is 2.99. The van der Waals surface area contributed by atoms with Gasteiger partial charge in [0.1, 0.15) is 5.82 Å². The van der Waals surface area contributed by atoms with Crippen molar-refractivity contribution >= 4 is 23.2 Å². The van der Waals surface area contributed by atoms with Crippen molar-refractivity contribution in [3.8, 4) is 0 Å². The summed E-state index contributed by atoms with van der Waals surface area (Å²) in [5, 5.41) is 21.9. The Bertz CT molecular complexity index is 427. The van der Waals surface area contributed by atoms with Crippen LogP contribution < -0.4 is 5.32 Å². The van der Waals surface area contributed by atoms with Gasteiger partial charge >= 0.3 is 0 Å². The Morgan fingerprint density at radius 3 is 2.61 bits per heavy atom. The van der Waals surface area contributed by atoms with E-state index in [1.165, 1.54) is 19.1 Å². The Hall–Kier alpha value is -0.390. The highest BCUT2D eigenvalue weighted by molar-refractivity contribution is 6.36. The molecule has 0 aliphatic rings. The summed E-state index contributed by atoms with van der Waals surface area (Å²) < 4.78 is 13.4. The molecule has 0 radical (unpaired) electrons. The molecule has 0 fully saturated rings. The van der Waals surface area contributed by atoms with E-state index in [0.717, 1.165) is 0 Å². The molecule has 3 N–H and O–H groups in total. The second-order valence-corrected chi connectivity index (χ2v) is 5.30. The van der Waals surface area contributed by atoms with Crippen molar-refractivity contribution in [1.82, 2.24) is 5.32 Å². The number of nitrogens with one attached hydrogen (secondary N) is 1. The molecular weight excluding hydrogens is 280 g/mol. The van der Waals surface area contributed by atoms with Crippen LogP contribution >= 0.6 is 23.2 Å². The molecule has 18 heavy (non-hydrogen) atoms. The predicted molar refractivity (Wildman–Crippen MR) is 70.5 cm³/mol. The van der Waals surface area contributed by atoms with Crippen molar-refractivity contribution in [1.29, 1.82) is 0 Å². The van der Waals surface area contributed by atoms with E-state index in [9.17, 15) is 9.50 Å². The van der Waals surface area contributed by atoms with Crippen LogP contribution in [0.25, 0.3) is 0 Å². The first kappa shape index (κ1) is 15.7. The fourth-order valence-corrected chi connectivity index (χ4v) is 2.17. The van der Waals surface area contributed by atoms with Gasteiger partial charge in [-0.2, -0.15) is 0 Å². The predicted octanol–water partition coefficient (Wildman–Crippen LogP) is 2.53. The minimum absolute atomic E-state index is 0.0360. The molecular formula is C12H16Cl2FNO2. The smallest absolute Gasteiger partial charge is 0.142 e. The van der Waals surface area contributed by atoms with Crippen LogP contribution in [-0.2, 0) is 0 Å². The molecule has 0 bridgehead atoms. The quantitative estimate of drug-likeness (QED) is 0.732. The number of rotatable bonds is 5. The maximum atomic E-state index is 13.4. The molecule has 1 rings (SSSR count). The number of benzene rings is 1. The zero-order valence-corrected chi connectivity index (χ0v) is 11.7. The average Bonchev–Trinajstić information content (AvgIpc) is 2.32. The van der Waals surface area contributed by atoms with Crippen LogP contribution in [0.4, 0.5) is 4.39 Å². The summed E-state index contributed by atoms with van der Waals surface area (Å²) >= 11 is 11.8. The molecule has 0 amide bonds. The first-order valence-corrected chi connectivity index (χ1v) is 6.24. The van der Waals surface area contributed by atoms with E-state index >= 15 is 0 Å². The molecule has 0 aliphatic carbocycles. The molecule has 2 unspecified atom stereocenters. The summed E-state index contributed by atoms with van der Waals surface area (Å²) in [6, 6.07) is 2.28. The van der Waals surface area contributed by atoms with Crippen molar-refractivity contribution in [2.24, 2.45) is 0 Å². The second-order valence-electron chi connectivity index (χ2n) is 4.51. The number of halogens is 3. The van der Waals surface area contributed by atoms with Crippen LogP contribution in [0, 0.1) is 5.82 Å². The number of aliphatic hydroxyl groups excluding tert-OH is 1. The van der Waals surface area contributed by atoms with Gasteiger partial charge in [0, 0.05) is 23.2 Å². The molecule has 102 valence electrons. The molecule has 1 aromatic rings. The molecule has 0 heterocycles. The summed E-state index contributed by atoms with van der Waals surface area (Å²) in [4.78, 5) is 0. The summed E-state index contributed by atoms with van der Waals surface area (Å²) in [5.74, 6) is -0.543. The average molecular weight is 296 g/mol. The van der Waals surface area contributed by atoms with Crippen LogP contribution in [0.3, 0.4) is 0 Å². The maximum Gasteiger partial charge on any atom is 0.142 e. The number of hydrogen-bond acceptors (Lipinski definition) is 3. The van der Waals surface area contributed by atoms with Gasteiger partial charge in [0.2, 0.25) is 0 Å². The van der Waals surface area contributed by atoms with Crippen LogP contribution in [0.15, 0.2) is 12.1 Å². The molecule has 6 heteroatoms. The molecule has 0 aliphatic heterocycles. The molecule has 1 aromatic carbocycles. The van der Waals surface area contributed by atoms with Gasteiger partial charge in [-0.25, -0.2) is 4.39 Å². The summed E-state index contributed by atoms with van der Waals surface area (Å²) in [5.41, 5.74) is -0.812. The van der Waals surface area contributed by atoms with Crippen molar-refractivity contribution < 1.29 is 14.6 Å². The van der Waals surface area contributed by atoms with E-state index in [1.807, 2.05) is 0 Å². The first-order chi connectivity index (χ1) is 8.28. The number of hydrogen-bond donors (Lipinski definition) is 3. The Balaban J connectivity index is 2.85. The normalized spacial score (nSPS) is 16.4. The van der Waals surface area contributed by atoms with Gasteiger partial charge in [0.15, 0.2) is 0 Å². The topological polar surface area (TPSA) is 52.5 Å². The SMILES string of the molecule is CC(NCC(C)(O)CO)c1c(Cl)ccc(F)c1Cl. The molecule has 0 saturated carbocycles. The van der Waals surface area contributed by atoms with E-state index in [4.69, 9.17) is 28.3 Å². The van der Waals surface area contributed by atoms with E-state index < -0.39 is 11.4 Å². The van der Waals surface area contributed by atoms with Crippen LogP contribution in [0.1, 0.15) is 25.5 Å². The Morgan fingerprint density at radius 1 is 1.44 bits per heavy atom. The molecule has 0 saturated heterocycles. The minimum Gasteiger partial charge on any atom is -0.393 e. The fraction of sp³-hybridized carbons (Fsp3) is 0.500. The van der Waals surface area contributed by atoms with Gasteiger partial charge in [-0.1, -0.05) is 23.2 Å². The van der Waals surface area contributed by atoms with Crippen molar-refractivity contribution in [2.45, 2.75) is 25.5 Å². The third-order valence-electron chi connectivity index (χ3n) is 2.64. The largest absolute Gasteiger partial charge is 0.393 e. The lowest BCUT2D eigenvalue weighted by molar-refractivity contribution is 0.00106. The van der Waals surface area contributed by atoms with Crippen molar-refractivity contribution in [3.63, 3.8) is 0 Å². The van der Waals surface area contributed by atoms with Crippen LogP contribution in [0.5, 0.6) is 0 Å². The van der Waals surface area contributed by atoms with Gasteiger partial charge in [-0.05, 0) is 26.0 Å². The van der Waals surface area contributed by atoms with E-state index in [1.54, 1.807) is 6.92 Å². The highest BCUT2D eigenvalue weighted by Gasteiger charge is 2.22. The standard InChI is InChI=1S/C12H16Cl2FNO2/c1-7(16-5-12(2,18)6-17)10-8(13)3-4-9(15)11(10)14/h3-4,7,16-18H,5-6H2,1-2H3.